The van der Waals surface area contributed by atoms with E-state index in [4.69, 9.17) is 11.6 Å². The normalized spacial score (nSPS) is 20.8. The maximum absolute atomic E-state index is 10.3. The molecule has 0 aliphatic heterocycles. The van der Waals surface area contributed by atoms with Crippen molar-refractivity contribution in [2.45, 2.75) is 44.2 Å². The van der Waals surface area contributed by atoms with Gasteiger partial charge in [-0.25, -0.2) is 0 Å². The van der Waals surface area contributed by atoms with E-state index in [0.717, 1.165) is 30.5 Å². The van der Waals surface area contributed by atoms with E-state index in [1.54, 1.807) is 0 Å². The van der Waals surface area contributed by atoms with Gasteiger partial charge in [0.25, 0.3) is 0 Å². The van der Waals surface area contributed by atoms with Crippen LogP contribution in [-0.2, 0) is 0 Å². The molecule has 19 heavy (non-hydrogen) atoms. The van der Waals surface area contributed by atoms with Gasteiger partial charge in [-0.1, -0.05) is 29.8 Å². The number of nitrogens with zero attached hydrogens (tertiary/aromatic N) is 1. The van der Waals surface area contributed by atoms with Crippen LogP contribution in [0, 0.1) is 5.92 Å². The summed E-state index contributed by atoms with van der Waals surface area (Å²) in [7, 11) is 0. The van der Waals surface area contributed by atoms with E-state index >= 15 is 0 Å². The van der Waals surface area contributed by atoms with Crippen molar-refractivity contribution >= 4 is 11.6 Å². The topological polar surface area (TPSA) is 23.5 Å². The summed E-state index contributed by atoms with van der Waals surface area (Å²) >= 11 is 6.13. The van der Waals surface area contributed by atoms with Crippen LogP contribution < -0.4 is 0 Å². The van der Waals surface area contributed by atoms with Gasteiger partial charge in [0.1, 0.15) is 0 Å². The number of rotatable bonds is 7. The van der Waals surface area contributed by atoms with Crippen LogP contribution in [0.5, 0.6) is 0 Å². The van der Waals surface area contributed by atoms with Gasteiger partial charge in [-0.2, -0.15) is 0 Å². The lowest BCUT2D eigenvalue weighted by Crippen LogP contribution is -2.30. The van der Waals surface area contributed by atoms with E-state index in [2.05, 4.69) is 4.90 Å². The number of aliphatic hydroxyl groups is 1. The quantitative estimate of drug-likeness (QED) is 0.824. The van der Waals surface area contributed by atoms with E-state index in [1.165, 1.54) is 32.2 Å². The van der Waals surface area contributed by atoms with Crippen LogP contribution in [-0.4, -0.2) is 29.1 Å². The van der Waals surface area contributed by atoms with Crippen molar-refractivity contribution < 1.29 is 5.11 Å². The second-order valence-electron chi connectivity index (χ2n) is 6.00. The van der Waals surface area contributed by atoms with Gasteiger partial charge in [-0.15, -0.1) is 0 Å². The first-order valence-corrected chi connectivity index (χ1v) is 7.78. The Morgan fingerprint density at radius 3 is 2.58 bits per heavy atom. The second-order valence-corrected chi connectivity index (χ2v) is 6.40. The molecule has 0 bridgehead atoms. The molecule has 2 aliphatic carbocycles. The van der Waals surface area contributed by atoms with Crippen molar-refractivity contribution in [2.24, 2.45) is 5.92 Å². The fourth-order valence-corrected chi connectivity index (χ4v) is 2.95. The minimum Gasteiger partial charge on any atom is -0.388 e. The zero-order valence-electron chi connectivity index (χ0n) is 11.3. The molecule has 1 aromatic carbocycles. The first-order valence-electron chi connectivity index (χ1n) is 7.40. The second kappa shape index (κ2) is 5.82. The molecule has 2 aliphatic rings. The third-order valence-corrected chi connectivity index (χ3v) is 4.55. The lowest BCUT2D eigenvalue weighted by molar-refractivity contribution is 0.137. The van der Waals surface area contributed by atoms with Gasteiger partial charge in [0.2, 0.25) is 0 Å². The first kappa shape index (κ1) is 13.4. The molecule has 3 heteroatoms. The molecule has 0 heterocycles. The van der Waals surface area contributed by atoms with E-state index in [9.17, 15) is 5.11 Å². The summed E-state index contributed by atoms with van der Waals surface area (Å²) in [6, 6.07) is 8.41. The number of hydrogen-bond donors (Lipinski definition) is 1. The lowest BCUT2D eigenvalue weighted by atomic mass is 10.1. The van der Waals surface area contributed by atoms with Gasteiger partial charge in [0.15, 0.2) is 0 Å². The largest absolute Gasteiger partial charge is 0.388 e. The standard InChI is InChI=1S/C16H22ClNO/c17-15-4-2-1-3-14(15)16(19)9-10-18(13-7-8-13)11-12-5-6-12/h1-4,12-13,16,19H,5-11H2. The fraction of sp³-hybridized carbons (Fsp3) is 0.625. The Morgan fingerprint density at radius 2 is 1.95 bits per heavy atom. The van der Waals surface area contributed by atoms with Crippen LogP contribution in [0.25, 0.3) is 0 Å². The molecule has 1 atom stereocenters. The molecule has 3 rings (SSSR count). The predicted octanol–water partition coefficient (Wildman–Crippen LogP) is 3.64. The molecule has 0 spiro atoms. The van der Waals surface area contributed by atoms with Crippen molar-refractivity contribution in [3.63, 3.8) is 0 Å². The number of hydrogen-bond acceptors (Lipinski definition) is 2. The highest BCUT2D eigenvalue weighted by molar-refractivity contribution is 6.31. The van der Waals surface area contributed by atoms with Crippen LogP contribution >= 0.6 is 11.6 Å². The maximum atomic E-state index is 10.3. The minimum absolute atomic E-state index is 0.436. The van der Waals surface area contributed by atoms with E-state index in [0.29, 0.717) is 5.02 Å². The number of halogens is 1. The monoisotopic (exact) mass is 279 g/mol. The zero-order chi connectivity index (χ0) is 13.2. The first-order chi connectivity index (χ1) is 9.24. The van der Waals surface area contributed by atoms with Gasteiger partial charge in [-0.05, 0) is 49.7 Å². The third-order valence-electron chi connectivity index (χ3n) is 4.21. The van der Waals surface area contributed by atoms with Crippen molar-refractivity contribution in [1.82, 2.24) is 4.90 Å². The van der Waals surface area contributed by atoms with Gasteiger partial charge >= 0.3 is 0 Å². The van der Waals surface area contributed by atoms with Crippen molar-refractivity contribution in [1.29, 1.82) is 0 Å². The minimum atomic E-state index is -0.436. The summed E-state index contributed by atoms with van der Waals surface area (Å²) in [6.07, 6.45) is 5.83. The highest BCUT2D eigenvalue weighted by Gasteiger charge is 2.33. The summed E-state index contributed by atoms with van der Waals surface area (Å²) < 4.78 is 0. The molecule has 2 nitrogen and oxygen atoms in total. The average Bonchev–Trinajstić information content (AvgIpc) is 3.27. The van der Waals surface area contributed by atoms with Crippen LogP contribution in [0.1, 0.15) is 43.8 Å². The van der Waals surface area contributed by atoms with Gasteiger partial charge < -0.3 is 10.0 Å². The highest BCUT2D eigenvalue weighted by atomic mass is 35.5. The molecule has 1 N–H and O–H groups in total. The highest BCUT2D eigenvalue weighted by Crippen LogP contribution is 2.35. The molecule has 104 valence electrons. The van der Waals surface area contributed by atoms with E-state index in [-0.39, 0.29) is 0 Å². The molecule has 2 saturated carbocycles. The third kappa shape index (κ3) is 3.71. The fourth-order valence-electron chi connectivity index (χ4n) is 2.68. The van der Waals surface area contributed by atoms with Crippen molar-refractivity contribution in [3.05, 3.63) is 34.9 Å². The summed E-state index contributed by atoms with van der Waals surface area (Å²) in [6.45, 7) is 2.23. The zero-order valence-corrected chi connectivity index (χ0v) is 12.0. The molecule has 0 amide bonds. The smallest absolute Gasteiger partial charge is 0.0816 e. The average molecular weight is 280 g/mol. The van der Waals surface area contributed by atoms with Crippen LogP contribution in [0.15, 0.2) is 24.3 Å². The predicted molar refractivity (Wildman–Crippen MR) is 78.3 cm³/mol. The van der Waals surface area contributed by atoms with Crippen LogP contribution in [0.2, 0.25) is 5.02 Å². The molecule has 1 aromatic rings. The molecular formula is C16H22ClNO. The summed E-state index contributed by atoms with van der Waals surface area (Å²) in [5, 5.41) is 11.0. The Kier molecular flexibility index (Phi) is 4.11. The SMILES string of the molecule is OC(CCN(CC1CC1)C1CC1)c1ccccc1Cl. The number of benzene rings is 1. The maximum Gasteiger partial charge on any atom is 0.0816 e. The summed E-state index contributed by atoms with van der Waals surface area (Å²) in [4.78, 5) is 2.58. The summed E-state index contributed by atoms with van der Waals surface area (Å²) in [5.41, 5.74) is 0.867. The van der Waals surface area contributed by atoms with Gasteiger partial charge in [0.05, 0.1) is 6.10 Å². The van der Waals surface area contributed by atoms with E-state index in [1.807, 2.05) is 24.3 Å². The number of aliphatic hydroxyl groups excluding tert-OH is 1. The molecule has 0 saturated heterocycles. The van der Waals surface area contributed by atoms with Crippen molar-refractivity contribution in [2.75, 3.05) is 13.1 Å². The van der Waals surface area contributed by atoms with Crippen LogP contribution in [0.3, 0.4) is 0 Å². The Hall–Kier alpha value is -0.570. The van der Waals surface area contributed by atoms with Gasteiger partial charge in [0, 0.05) is 24.2 Å². The van der Waals surface area contributed by atoms with E-state index < -0.39 is 6.10 Å². The molecular weight excluding hydrogens is 258 g/mol. The Morgan fingerprint density at radius 1 is 1.21 bits per heavy atom. The lowest BCUT2D eigenvalue weighted by Gasteiger charge is -2.23. The Balaban J connectivity index is 1.53. The summed E-state index contributed by atoms with van der Waals surface area (Å²) in [5.74, 6) is 0.929. The van der Waals surface area contributed by atoms with Gasteiger partial charge in [-0.3, -0.25) is 0 Å². The molecule has 0 radical (unpaired) electrons. The molecule has 1 unspecified atom stereocenters. The van der Waals surface area contributed by atoms with Crippen molar-refractivity contribution in [3.8, 4) is 0 Å². The molecule has 0 aromatic heterocycles. The Labute approximate surface area is 120 Å². The Bertz CT molecular complexity index is 429. The molecule has 2 fully saturated rings. The van der Waals surface area contributed by atoms with Crippen LogP contribution in [0.4, 0.5) is 0 Å².